The van der Waals surface area contributed by atoms with Crippen LogP contribution in [0.1, 0.15) is 29.8 Å². The number of pyridine rings is 1. The van der Waals surface area contributed by atoms with Gasteiger partial charge in [-0.1, -0.05) is 41.7 Å². The van der Waals surface area contributed by atoms with Gasteiger partial charge in [-0.05, 0) is 11.6 Å². The second-order valence-corrected chi connectivity index (χ2v) is 9.38. The molecule has 4 heterocycles. The number of benzene rings is 1. The Kier molecular flexibility index (Phi) is 6.33. The Bertz CT molecular complexity index is 1190. The first-order valence-corrected chi connectivity index (χ1v) is 12.0. The fourth-order valence-electron chi connectivity index (χ4n) is 3.50. The minimum Gasteiger partial charge on any atom is -0.488 e. The third kappa shape index (κ3) is 4.62. The van der Waals surface area contributed by atoms with Crippen LogP contribution < -0.4 is 4.74 Å². The zero-order valence-electron chi connectivity index (χ0n) is 17.0. The maximum Gasteiger partial charge on any atom is 0.291 e. The summed E-state index contributed by atoms with van der Waals surface area (Å²) < 4.78 is 39.7. The minimum absolute atomic E-state index is 0.0623. The normalized spacial score (nSPS) is 15.0. The second-order valence-electron chi connectivity index (χ2n) is 7.33. The van der Waals surface area contributed by atoms with Crippen molar-refractivity contribution in [3.8, 4) is 16.6 Å². The Morgan fingerprint density at radius 2 is 2.00 bits per heavy atom. The number of fused-ring (bicyclic) bond motifs is 1. The van der Waals surface area contributed by atoms with Gasteiger partial charge in [0.15, 0.2) is 15.8 Å². The van der Waals surface area contributed by atoms with Crippen molar-refractivity contribution in [2.24, 2.45) is 0 Å². The van der Waals surface area contributed by atoms with E-state index in [1.54, 1.807) is 18.0 Å². The molecule has 1 saturated heterocycles. The van der Waals surface area contributed by atoms with E-state index in [0.29, 0.717) is 29.8 Å². The molecule has 0 atom stereocenters. The fraction of sp³-hybridized carbons (Fsp3) is 0.318. The van der Waals surface area contributed by atoms with Gasteiger partial charge in [0.25, 0.3) is 6.43 Å². The van der Waals surface area contributed by atoms with Crippen LogP contribution in [-0.4, -0.2) is 38.9 Å². The third-order valence-electron chi connectivity index (χ3n) is 5.11. The number of thioether (sulfide) groups is 1. The number of hydrogen-bond acceptors (Lipinski definition) is 7. The van der Waals surface area contributed by atoms with Crippen LogP contribution in [-0.2, 0) is 10.5 Å². The number of ether oxygens (including phenoxy) is 2. The van der Waals surface area contributed by atoms with Crippen LogP contribution in [0.3, 0.4) is 0 Å². The van der Waals surface area contributed by atoms with Crippen LogP contribution in [0.2, 0.25) is 0 Å². The zero-order chi connectivity index (χ0) is 21.9. The predicted molar refractivity (Wildman–Crippen MR) is 120 cm³/mol. The van der Waals surface area contributed by atoms with Crippen molar-refractivity contribution < 1.29 is 18.3 Å². The SMILES string of the molecule is FC(F)c1nnc(-c2ncc3c(OC4CCOCC4)cc(SCc4ccccc4)cn23)s1. The smallest absolute Gasteiger partial charge is 0.291 e. The lowest BCUT2D eigenvalue weighted by Gasteiger charge is -2.24. The number of hydrogen-bond donors (Lipinski definition) is 0. The Morgan fingerprint density at radius 1 is 1.19 bits per heavy atom. The molecule has 32 heavy (non-hydrogen) atoms. The van der Waals surface area contributed by atoms with Crippen molar-refractivity contribution in [2.75, 3.05) is 13.2 Å². The van der Waals surface area contributed by atoms with Gasteiger partial charge in [-0.15, -0.1) is 22.0 Å². The van der Waals surface area contributed by atoms with E-state index in [0.717, 1.165) is 40.3 Å². The maximum absolute atomic E-state index is 13.0. The van der Waals surface area contributed by atoms with Gasteiger partial charge in [0.2, 0.25) is 0 Å². The van der Waals surface area contributed by atoms with E-state index >= 15 is 0 Å². The summed E-state index contributed by atoms with van der Waals surface area (Å²) in [5.41, 5.74) is 1.98. The lowest BCUT2D eigenvalue weighted by molar-refractivity contribution is 0.0259. The molecule has 0 spiro atoms. The van der Waals surface area contributed by atoms with Crippen LogP contribution in [0.15, 0.2) is 53.7 Å². The van der Waals surface area contributed by atoms with Crippen LogP contribution >= 0.6 is 23.1 Å². The number of halogens is 2. The van der Waals surface area contributed by atoms with Gasteiger partial charge < -0.3 is 9.47 Å². The highest BCUT2D eigenvalue weighted by atomic mass is 32.2. The summed E-state index contributed by atoms with van der Waals surface area (Å²) in [4.78, 5) is 5.45. The molecule has 5 rings (SSSR count). The highest BCUT2D eigenvalue weighted by Gasteiger charge is 2.21. The minimum atomic E-state index is -2.66. The predicted octanol–water partition coefficient (Wildman–Crippen LogP) is 5.64. The van der Waals surface area contributed by atoms with E-state index in [-0.39, 0.29) is 11.1 Å². The van der Waals surface area contributed by atoms with Crippen LogP contribution in [0, 0.1) is 0 Å². The molecule has 1 fully saturated rings. The summed E-state index contributed by atoms with van der Waals surface area (Å²) in [6.45, 7) is 1.35. The standard InChI is InChI=1S/C22H20F2N4O2S2/c23-19(24)21-26-27-22(32-21)20-25-11-17-18(30-15-6-8-29-9-7-15)10-16(12-28(17)20)31-13-14-4-2-1-3-5-14/h1-5,10-12,15,19H,6-9,13H2. The molecule has 0 unspecified atom stereocenters. The first-order valence-electron chi connectivity index (χ1n) is 10.2. The van der Waals surface area contributed by atoms with Crippen molar-refractivity contribution in [3.05, 3.63) is 59.4 Å². The average molecular weight is 475 g/mol. The first kappa shape index (κ1) is 21.3. The second kappa shape index (κ2) is 9.51. The molecule has 1 aromatic carbocycles. The number of nitrogens with zero attached hydrogens (tertiary/aromatic N) is 4. The lowest BCUT2D eigenvalue weighted by atomic mass is 10.1. The number of alkyl halides is 2. The van der Waals surface area contributed by atoms with Crippen molar-refractivity contribution in [3.63, 3.8) is 0 Å². The van der Waals surface area contributed by atoms with Gasteiger partial charge >= 0.3 is 0 Å². The first-order chi connectivity index (χ1) is 15.7. The lowest BCUT2D eigenvalue weighted by Crippen LogP contribution is -2.26. The van der Waals surface area contributed by atoms with E-state index < -0.39 is 6.43 Å². The number of aromatic nitrogens is 4. The van der Waals surface area contributed by atoms with Gasteiger partial charge in [-0.3, -0.25) is 4.40 Å². The van der Waals surface area contributed by atoms with Crippen LogP contribution in [0.4, 0.5) is 8.78 Å². The average Bonchev–Trinajstić information content (AvgIpc) is 3.47. The quantitative estimate of drug-likeness (QED) is 0.323. The highest BCUT2D eigenvalue weighted by molar-refractivity contribution is 7.98. The van der Waals surface area contributed by atoms with Gasteiger partial charge in [0.1, 0.15) is 17.4 Å². The van der Waals surface area contributed by atoms with Gasteiger partial charge in [0.05, 0.1) is 19.4 Å². The van der Waals surface area contributed by atoms with Crippen molar-refractivity contribution >= 4 is 28.6 Å². The Morgan fingerprint density at radius 3 is 2.75 bits per heavy atom. The molecule has 4 aromatic rings. The maximum atomic E-state index is 13.0. The Balaban J connectivity index is 1.51. The van der Waals surface area contributed by atoms with E-state index in [4.69, 9.17) is 9.47 Å². The molecule has 166 valence electrons. The van der Waals surface area contributed by atoms with E-state index in [1.165, 1.54) is 5.56 Å². The Labute approximate surface area is 191 Å². The number of rotatable bonds is 7. The molecule has 0 saturated carbocycles. The van der Waals surface area contributed by atoms with Crippen LogP contribution in [0.5, 0.6) is 5.75 Å². The highest BCUT2D eigenvalue weighted by Crippen LogP contribution is 2.35. The number of imidazole rings is 1. The van der Waals surface area contributed by atoms with Gasteiger partial charge in [-0.2, -0.15) is 0 Å². The van der Waals surface area contributed by atoms with Gasteiger partial charge in [0, 0.05) is 29.7 Å². The summed E-state index contributed by atoms with van der Waals surface area (Å²) >= 11 is 2.53. The summed E-state index contributed by atoms with van der Waals surface area (Å²) in [5, 5.41) is 7.58. The van der Waals surface area contributed by atoms with Crippen molar-refractivity contribution in [1.82, 2.24) is 19.6 Å². The molecule has 0 N–H and O–H groups in total. The van der Waals surface area contributed by atoms with Gasteiger partial charge in [-0.25, -0.2) is 13.8 Å². The molecular formula is C22H20F2N4O2S2. The molecular weight excluding hydrogens is 454 g/mol. The van der Waals surface area contributed by atoms with E-state index in [2.05, 4.69) is 27.3 Å². The van der Waals surface area contributed by atoms with E-state index in [1.807, 2.05) is 34.9 Å². The molecule has 3 aromatic heterocycles. The molecule has 10 heteroatoms. The van der Waals surface area contributed by atoms with Crippen molar-refractivity contribution in [2.45, 2.75) is 36.0 Å². The molecule has 1 aliphatic rings. The summed E-state index contributed by atoms with van der Waals surface area (Å²) in [7, 11) is 0. The topological polar surface area (TPSA) is 61.5 Å². The zero-order valence-corrected chi connectivity index (χ0v) is 18.6. The summed E-state index contributed by atoms with van der Waals surface area (Å²) in [5.74, 6) is 1.98. The third-order valence-corrected chi connectivity index (χ3v) is 7.07. The molecule has 1 aliphatic heterocycles. The monoisotopic (exact) mass is 474 g/mol. The van der Waals surface area contributed by atoms with Crippen LogP contribution in [0.25, 0.3) is 16.3 Å². The fourth-order valence-corrected chi connectivity index (χ4v) is 5.09. The summed E-state index contributed by atoms with van der Waals surface area (Å²) in [6, 6.07) is 12.2. The van der Waals surface area contributed by atoms with E-state index in [9.17, 15) is 8.78 Å². The molecule has 6 nitrogen and oxygen atoms in total. The Hall–Kier alpha value is -2.56. The largest absolute Gasteiger partial charge is 0.488 e. The molecule has 0 radical (unpaired) electrons. The molecule has 0 amide bonds. The molecule has 0 bridgehead atoms. The molecule has 0 aliphatic carbocycles. The van der Waals surface area contributed by atoms with Crippen molar-refractivity contribution in [1.29, 1.82) is 0 Å². The summed E-state index contributed by atoms with van der Waals surface area (Å²) in [6.07, 6.45) is 2.69.